The van der Waals surface area contributed by atoms with Crippen LogP contribution in [-0.4, -0.2) is 18.3 Å². The molecule has 4 rings (SSSR count). The molecule has 3 aromatic carbocycles. The van der Waals surface area contributed by atoms with Crippen molar-refractivity contribution in [1.82, 2.24) is 4.98 Å². The third-order valence-corrected chi connectivity index (χ3v) is 5.36. The first-order valence-corrected chi connectivity index (χ1v) is 10.1. The third kappa shape index (κ3) is 4.85. The summed E-state index contributed by atoms with van der Waals surface area (Å²) in [5.41, 5.74) is 5.85. The van der Waals surface area contributed by atoms with E-state index >= 15 is 0 Å². The number of methoxy groups -OCH3 is 1. The number of thiazole rings is 1. The van der Waals surface area contributed by atoms with E-state index in [1.165, 1.54) is 0 Å². The van der Waals surface area contributed by atoms with Crippen molar-refractivity contribution in [2.24, 2.45) is 5.10 Å². The lowest BCUT2D eigenvalue weighted by atomic mass is 10.2. The smallest absolute Gasteiger partial charge is 0.204 e. The van der Waals surface area contributed by atoms with E-state index in [0.717, 1.165) is 26.5 Å². The first-order chi connectivity index (χ1) is 14.2. The number of aromatic nitrogens is 1. The van der Waals surface area contributed by atoms with Crippen molar-refractivity contribution in [2.45, 2.75) is 6.61 Å². The lowest BCUT2D eigenvalue weighted by Gasteiger charge is -2.11. The Hall–Kier alpha value is -3.09. The molecule has 1 aromatic heterocycles. The van der Waals surface area contributed by atoms with E-state index < -0.39 is 0 Å². The predicted molar refractivity (Wildman–Crippen MR) is 120 cm³/mol. The molecule has 0 saturated heterocycles. The number of anilines is 1. The number of benzene rings is 3. The van der Waals surface area contributed by atoms with E-state index in [1.807, 2.05) is 66.7 Å². The highest BCUT2D eigenvalue weighted by Crippen LogP contribution is 2.29. The maximum Gasteiger partial charge on any atom is 0.204 e. The Balaban J connectivity index is 1.41. The van der Waals surface area contributed by atoms with Crippen LogP contribution in [0.1, 0.15) is 11.1 Å². The zero-order valence-corrected chi connectivity index (χ0v) is 17.2. The van der Waals surface area contributed by atoms with Crippen molar-refractivity contribution >= 4 is 44.5 Å². The van der Waals surface area contributed by atoms with Gasteiger partial charge in [0.2, 0.25) is 5.13 Å². The average molecular weight is 424 g/mol. The van der Waals surface area contributed by atoms with Crippen molar-refractivity contribution in [3.63, 3.8) is 0 Å². The number of nitrogens with one attached hydrogen (secondary N) is 1. The Morgan fingerprint density at radius 1 is 1.07 bits per heavy atom. The minimum absolute atomic E-state index is 0.431. The van der Waals surface area contributed by atoms with E-state index in [4.69, 9.17) is 21.1 Å². The molecule has 1 N–H and O–H groups in total. The second kappa shape index (κ2) is 8.94. The van der Waals surface area contributed by atoms with Crippen molar-refractivity contribution in [3.8, 4) is 11.5 Å². The van der Waals surface area contributed by atoms with Crippen LogP contribution in [0.15, 0.2) is 71.8 Å². The van der Waals surface area contributed by atoms with Crippen LogP contribution in [-0.2, 0) is 6.61 Å². The van der Waals surface area contributed by atoms with Crippen molar-refractivity contribution in [2.75, 3.05) is 12.5 Å². The van der Waals surface area contributed by atoms with E-state index in [1.54, 1.807) is 24.7 Å². The lowest BCUT2D eigenvalue weighted by Crippen LogP contribution is -1.98. The molecule has 0 unspecified atom stereocenters. The Labute approximate surface area is 177 Å². The minimum atomic E-state index is 0.431. The topological polar surface area (TPSA) is 55.7 Å². The van der Waals surface area contributed by atoms with Gasteiger partial charge in [-0.25, -0.2) is 4.98 Å². The number of hydrazone groups is 1. The third-order valence-electron chi connectivity index (χ3n) is 4.16. The number of halogens is 1. The van der Waals surface area contributed by atoms with Crippen LogP contribution in [0.3, 0.4) is 0 Å². The fourth-order valence-electron chi connectivity index (χ4n) is 2.71. The van der Waals surface area contributed by atoms with Gasteiger partial charge in [0.1, 0.15) is 6.61 Å². The van der Waals surface area contributed by atoms with Gasteiger partial charge in [0, 0.05) is 5.02 Å². The van der Waals surface area contributed by atoms with Gasteiger partial charge in [0.05, 0.1) is 23.5 Å². The Bertz CT molecular complexity index is 1110. The van der Waals surface area contributed by atoms with Crippen LogP contribution in [0.5, 0.6) is 11.5 Å². The van der Waals surface area contributed by atoms with Crippen LogP contribution in [0.2, 0.25) is 5.02 Å². The number of nitrogens with zero attached hydrogens (tertiary/aromatic N) is 2. The van der Waals surface area contributed by atoms with Gasteiger partial charge in [-0.1, -0.05) is 47.2 Å². The highest BCUT2D eigenvalue weighted by molar-refractivity contribution is 7.22. The maximum absolute atomic E-state index is 5.91. The molecule has 0 amide bonds. The van der Waals surface area contributed by atoms with Crippen LogP contribution in [0, 0.1) is 0 Å². The Morgan fingerprint density at radius 2 is 1.90 bits per heavy atom. The minimum Gasteiger partial charge on any atom is -0.493 e. The zero-order valence-electron chi connectivity index (χ0n) is 15.6. The normalized spacial score (nSPS) is 11.1. The molecule has 0 radical (unpaired) electrons. The summed E-state index contributed by atoms with van der Waals surface area (Å²) in [7, 11) is 1.62. The van der Waals surface area contributed by atoms with Gasteiger partial charge in [0.15, 0.2) is 11.5 Å². The fourth-order valence-corrected chi connectivity index (χ4v) is 3.65. The molecule has 0 aliphatic rings. The number of hydrogen-bond acceptors (Lipinski definition) is 6. The van der Waals surface area contributed by atoms with E-state index in [2.05, 4.69) is 15.5 Å². The first kappa shape index (κ1) is 19.2. The molecule has 146 valence electrons. The van der Waals surface area contributed by atoms with Gasteiger partial charge in [-0.2, -0.15) is 5.10 Å². The van der Waals surface area contributed by atoms with Crippen LogP contribution >= 0.6 is 22.9 Å². The molecule has 4 aromatic rings. The fraction of sp³-hybridized carbons (Fsp3) is 0.0909. The summed E-state index contributed by atoms with van der Waals surface area (Å²) in [6.07, 6.45) is 1.72. The maximum atomic E-state index is 5.91. The predicted octanol–water partition coefficient (Wildman–Crippen LogP) is 5.98. The molecular formula is C22H18ClN3O2S. The molecular weight excluding hydrogens is 406 g/mol. The van der Waals surface area contributed by atoms with Gasteiger partial charge >= 0.3 is 0 Å². The van der Waals surface area contributed by atoms with Gasteiger partial charge in [-0.3, -0.25) is 5.43 Å². The molecule has 0 bridgehead atoms. The number of ether oxygens (including phenoxy) is 2. The van der Waals surface area contributed by atoms with Gasteiger partial charge in [-0.15, -0.1) is 0 Å². The molecule has 5 nitrogen and oxygen atoms in total. The van der Waals surface area contributed by atoms with Gasteiger partial charge in [-0.05, 0) is 53.6 Å². The molecule has 0 spiro atoms. The van der Waals surface area contributed by atoms with Crippen LogP contribution < -0.4 is 14.9 Å². The summed E-state index contributed by atoms with van der Waals surface area (Å²) < 4.78 is 12.5. The standard InChI is InChI=1S/C22H18ClN3O2S/c1-27-20-12-16(8-11-19(20)28-14-15-6-9-17(23)10-7-15)13-24-26-22-25-18-4-2-3-5-21(18)29-22/h2-13H,14H2,1H3,(H,25,26). The molecule has 0 fully saturated rings. The summed E-state index contributed by atoms with van der Waals surface area (Å²) in [6.45, 7) is 0.431. The summed E-state index contributed by atoms with van der Waals surface area (Å²) in [4.78, 5) is 4.49. The number of para-hydroxylation sites is 1. The van der Waals surface area contributed by atoms with Crippen molar-refractivity contribution in [3.05, 3.63) is 82.9 Å². The molecule has 0 aliphatic carbocycles. The Morgan fingerprint density at radius 3 is 2.69 bits per heavy atom. The molecule has 0 saturated carbocycles. The van der Waals surface area contributed by atoms with Crippen molar-refractivity contribution in [1.29, 1.82) is 0 Å². The van der Waals surface area contributed by atoms with Crippen molar-refractivity contribution < 1.29 is 9.47 Å². The summed E-state index contributed by atoms with van der Waals surface area (Å²) in [5, 5.41) is 5.73. The lowest BCUT2D eigenvalue weighted by molar-refractivity contribution is 0.284. The van der Waals surface area contributed by atoms with Crippen LogP contribution in [0.25, 0.3) is 10.2 Å². The average Bonchev–Trinajstić information content (AvgIpc) is 3.16. The molecule has 0 atom stereocenters. The number of rotatable bonds is 7. The quantitative estimate of drug-likeness (QED) is 0.293. The Kier molecular flexibility index (Phi) is 5.93. The summed E-state index contributed by atoms with van der Waals surface area (Å²) in [6, 6.07) is 21.2. The molecule has 1 heterocycles. The molecule has 7 heteroatoms. The van der Waals surface area contributed by atoms with E-state index in [-0.39, 0.29) is 0 Å². The van der Waals surface area contributed by atoms with E-state index in [0.29, 0.717) is 23.1 Å². The summed E-state index contributed by atoms with van der Waals surface area (Å²) in [5.74, 6) is 1.31. The molecule has 29 heavy (non-hydrogen) atoms. The second-order valence-electron chi connectivity index (χ2n) is 6.18. The highest BCUT2D eigenvalue weighted by atomic mass is 35.5. The SMILES string of the molecule is COc1cc(C=NNc2nc3ccccc3s2)ccc1OCc1ccc(Cl)cc1. The number of hydrogen-bond donors (Lipinski definition) is 1. The first-order valence-electron chi connectivity index (χ1n) is 8.91. The zero-order chi connectivity index (χ0) is 20.1. The van der Waals surface area contributed by atoms with Gasteiger partial charge in [0.25, 0.3) is 0 Å². The van der Waals surface area contributed by atoms with Gasteiger partial charge < -0.3 is 9.47 Å². The molecule has 0 aliphatic heterocycles. The largest absolute Gasteiger partial charge is 0.493 e. The number of fused-ring (bicyclic) bond motifs is 1. The van der Waals surface area contributed by atoms with Crippen LogP contribution in [0.4, 0.5) is 5.13 Å². The van der Waals surface area contributed by atoms with E-state index in [9.17, 15) is 0 Å². The highest BCUT2D eigenvalue weighted by Gasteiger charge is 2.06. The second-order valence-corrected chi connectivity index (χ2v) is 7.65. The summed E-state index contributed by atoms with van der Waals surface area (Å²) >= 11 is 7.47. The monoisotopic (exact) mass is 423 g/mol.